The molecule has 11 heteroatoms. The molecule has 43 heavy (non-hydrogen) atoms. The molecule has 3 heterocycles. The van der Waals surface area contributed by atoms with Gasteiger partial charge < -0.3 is 15.3 Å². The smallest absolute Gasteiger partial charge is 0.380 e. The third-order valence-electron chi connectivity index (χ3n) is 8.90. The van der Waals surface area contributed by atoms with Crippen LogP contribution in [0.15, 0.2) is 41.8 Å². The predicted octanol–water partition coefficient (Wildman–Crippen LogP) is 6.01. The molecular weight excluding hydrogens is 577 g/mol. The highest BCUT2D eigenvalue weighted by Crippen LogP contribution is 2.36. The number of carbonyl (C=O) groups is 2. The number of nitrogens with one attached hydrogen (secondary N) is 1. The zero-order chi connectivity index (χ0) is 30.8. The third kappa shape index (κ3) is 7.05. The zero-order valence-corrected chi connectivity index (χ0v) is 25.4. The van der Waals surface area contributed by atoms with Crippen molar-refractivity contribution in [3.05, 3.63) is 52.9 Å². The van der Waals surface area contributed by atoms with Gasteiger partial charge in [-0.05, 0) is 50.1 Å². The number of nitrogens with zero attached hydrogens (tertiary/aromatic N) is 3. The van der Waals surface area contributed by atoms with E-state index in [1.807, 2.05) is 41.8 Å². The number of thiophene rings is 1. The van der Waals surface area contributed by atoms with Crippen molar-refractivity contribution < 1.29 is 27.9 Å². The molecular formula is C32H39F3N4O3S. The normalized spacial score (nSPS) is 19.3. The van der Waals surface area contributed by atoms with E-state index in [4.69, 9.17) is 4.98 Å². The SMILES string of the molecule is C[C@H](NC(=O)c1c(CN2CCN(C(=O)CC(C)(O)C(F)(F)F)CC2)c(-c2cccs2)nc2ccccc12)C1CCCCC1. The number of alkyl halides is 3. The molecule has 2 aromatic heterocycles. The monoisotopic (exact) mass is 616 g/mol. The first kappa shape index (κ1) is 31.4. The van der Waals surface area contributed by atoms with E-state index in [2.05, 4.69) is 17.1 Å². The largest absolute Gasteiger partial charge is 0.417 e. The maximum Gasteiger partial charge on any atom is 0.417 e. The summed E-state index contributed by atoms with van der Waals surface area (Å²) in [4.78, 5) is 36.2. The average molecular weight is 617 g/mol. The standard InChI is InChI=1S/C32H39F3N4O3S/c1-21(22-9-4-3-5-10-22)36-30(41)28-23-11-6-7-12-25(23)37-29(26-13-8-18-43-26)24(28)20-38-14-16-39(17-15-38)27(40)19-31(2,42)32(33,34)35/h6-8,11-13,18,21-22,42H,3-5,9-10,14-17,19-20H2,1-2H3,(H,36,41)/t21-,31?/m0/s1. The molecule has 7 nitrogen and oxygen atoms in total. The van der Waals surface area contributed by atoms with E-state index >= 15 is 0 Å². The molecule has 0 radical (unpaired) electrons. The maximum atomic E-state index is 14.1. The molecule has 232 valence electrons. The lowest BCUT2D eigenvalue weighted by Crippen LogP contribution is -2.52. The molecule has 2 amide bonds. The summed E-state index contributed by atoms with van der Waals surface area (Å²) in [6.07, 6.45) is -0.103. The van der Waals surface area contributed by atoms with E-state index in [1.54, 1.807) is 11.3 Å². The number of aromatic nitrogens is 1. The van der Waals surface area contributed by atoms with Crippen LogP contribution in [0.25, 0.3) is 21.5 Å². The first-order valence-corrected chi connectivity index (χ1v) is 15.9. The second kappa shape index (κ2) is 12.9. The Kier molecular flexibility index (Phi) is 9.43. The Labute approximate surface area is 254 Å². The molecule has 0 spiro atoms. The van der Waals surface area contributed by atoms with Gasteiger partial charge >= 0.3 is 6.18 Å². The van der Waals surface area contributed by atoms with Gasteiger partial charge in [-0.15, -0.1) is 11.3 Å². The Bertz CT molecular complexity index is 1430. The van der Waals surface area contributed by atoms with Gasteiger partial charge in [0.25, 0.3) is 5.91 Å². The number of rotatable bonds is 8. The first-order valence-electron chi connectivity index (χ1n) is 15.0. The molecule has 2 N–H and O–H groups in total. The van der Waals surface area contributed by atoms with Crippen LogP contribution in [-0.2, 0) is 11.3 Å². The number of benzene rings is 1. The van der Waals surface area contributed by atoms with Gasteiger partial charge in [0.05, 0.1) is 28.1 Å². The zero-order valence-electron chi connectivity index (χ0n) is 24.6. The quantitative estimate of drug-likeness (QED) is 0.324. The van der Waals surface area contributed by atoms with Gasteiger partial charge in [0.2, 0.25) is 5.91 Å². The number of aliphatic hydroxyl groups is 1. The van der Waals surface area contributed by atoms with Gasteiger partial charge in [-0.1, -0.05) is 43.5 Å². The minimum Gasteiger partial charge on any atom is -0.380 e. The van der Waals surface area contributed by atoms with E-state index in [-0.39, 0.29) is 25.0 Å². The second-order valence-corrected chi connectivity index (χ2v) is 13.0. The summed E-state index contributed by atoms with van der Waals surface area (Å²) in [5, 5.41) is 15.9. The maximum absolute atomic E-state index is 14.1. The highest BCUT2D eigenvalue weighted by atomic mass is 32.1. The molecule has 1 unspecified atom stereocenters. The minimum atomic E-state index is -4.89. The molecule has 1 aliphatic carbocycles. The van der Waals surface area contributed by atoms with E-state index in [9.17, 15) is 27.9 Å². The lowest BCUT2D eigenvalue weighted by Gasteiger charge is -2.37. The molecule has 2 aliphatic rings. The molecule has 0 bridgehead atoms. The van der Waals surface area contributed by atoms with Gasteiger partial charge in [0, 0.05) is 49.7 Å². The van der Waals surface area contributed by atoms with Crippen LogP contribution in [0.2, 0.25) is 0 Å². The number of piperazine rings is 1. The number of pyridine rings is 1. The van der Waals surface area contributed by atoms with Crippen LogP contribution in [0.5, 0.6) is 0 Å². The van der Waals surface area contributed by atoms with Crippen LogP contribution in [0.3, 0.4) is 0 Å². The topological polar surface area (TPSA) is 85.8 Å². The van der Waals surface area contributed by atoms with Crippen LogP contribution in [0.4, 0.5) is 13.2 Å². The summed E-state index contributed by atoms with van der Waals surface area (Å²) in [5.41, 5.74) is -0.211. The summed E-state index contributed by atoms with van der Waals surface area (Å²) in [6.45, 7) is 4.39. The van der Waals surface area contributed by atoms with E-state index in [1.165, 1.54) is 24.2 Å². The predicted molar refractivity (Wildman–Crippen MR) is 162 cm³/mol. The van der Waals surface area contributed by atoms with Crippen molar-refractivity contribution in [1.29, 1.82) is 0 Å². The summed E-state index contributed by atoms with van der Waals surface area (Å²) >= 11 is 1.55. The van der Waals surface area contributed by atoms with E-state index < -0.39 is 24.1 Å². The molecule has 1 saturated heterocycles. The molecule has 1 saturated carbocycles. The van der Waals surface area contributed by atoms with E-state index in [0.29, 0.717) is 38.0 Å². The van der Waals surface area contributed by atoms with Crippen molar-refractivity contribution in [1.82, 2.24) is 20.1 Å². The Morgan fingerprint density at radius 3 is 2.42 bits per heavy atom. The summed E-state index contributed by atoms with van der Waals surface area (Å²) in [6, 6.07) is 11.6. The second-order valence-electron chi connectivity index (χ2n) is 12.1. The molecule has 3 aromatic rings. The Balaban J connectivity index is 1.42. The Morgan fingerprint density at radius 1 is 1.07 bits per heavy atom. The summed E-state index contributed by atoms with van der Waals surface area (Å²) < 4.78 is 39.5. The Morgan fingerprint density at radius 2 is 1.77 bits per heavy atom. The lowest BCUT2D eigenvalue weighted by molar-refractivity contribution is -0.254. The Hall–Kier alpha value is -3.02. The van der Waals surface area contributed by atoms with Crippen molar-refractivity contribution in [3.8, 4) is 10.6 Å². The van der Waals surface area contributed by atoms with Gasteiger partial charge in [0.1, 0.15) is 0 Å². The summed E-state index contributed by atoms with van der Waals surface area (Å²) in [5.74, 6) is -0.423. The number of fused-ring (bicyclic) bond motifs is 1. The number of hydrogen-bond donors (Lipinski definition) is 2. The molecule has 1 aliphatic heterocycles. The van der Waals surface area contributed by atoms with Gasteiger partial charge in [-0.3, -0.25) is 14.5 Å². The fourth-order valence-electron chi connectivity index (χ4n) is 6.20. The molecule has 5 rings (SSSR count). The fraction of sp³-hybridized carbons (Fsp3) is 0.531. The number of amides is 2. The minimum absolute atomic E-state index is 0.0289. The van der Waals surface area contributed by atoms with Crippen LogP contribution in [0.1, 0.15) is 68.3 Å². The van der Waals surface area contributed by atoms with Crippen molar-refractivity contribution in [3.63, 3.8) is 0 Å². The van der Waals surface area contributed by atoms with Crippen molar-refractivity contribution in [2.45, 2.75) is 76.7 Å². The van der Waals surface area contributed by atoms with E-state index in [0.717, 1.165) is 39.9 Å². The molecule has 2 fully saturated rings. The van der Waals surface area contributed by atoms with Gasteiger partial charge in [-0.25, -0.2) is 4.98 Å². The number of hydrogen-bond acceptors (Lipinski definition) is 6. The number of para-hydroxylation sites is 1. The van der Waals surface area contributed by atoms with Crippen LogP contribution >= 0.6 is 11.3 Å². The number of carbonyl (C=O) groups excluding carboxylic acids is 2. The first-order chi connectivity index (χ1) is 20.4. The molecule has 1 aromatic carbocycles. The fourth-order valence-corrected chi connectivity index (χ4v) is 6.94. The van der Waals surface area contributed by atoms with Crippen LogP contribution < -0.4 is 5.32 Å². The van der Waals surface area contributed by atoms with Crippen molar-refractivity contribution in [2.24, 2.45) is 5.92 Å². The van der Waals surface area contributed by atoms with Gasteiger partial charge in [-0.2, -0.15) is 13.2 Å². The van der Waals surface area contributed by atoms with Crippen molar-refractivity contribution in [2.75, 3.05) is 26.2 Å². The lowest BCUT2D eigenvalue weighted by atomic mass is 9.84. The van der Waals surface area contributed by atoms with Gasteiger partial charge in [0.15, 0.2) is 5.60 Å². The summed E-state index contributed by atoms with van der Waals surface area (Å²) in [7, 11) is 0. The average Bonchev–Trinajstić information content (AvgIpc) is 3.51. The number of halogens is 3. The third-order valence-corrected chi connectivity index (χ3v) is 9.78. The van der Waals surface area contributed by atoms with Crippen LogP contribution in [0, 0.1) is 5.92 Å². The molecule has 2 atom stereocenters. The van der Waals surface area contributed by atoms with Crippen LogP contribution in [-0.4, -0.2) is 75.7 Å². The van der Waals surface area contributed by atoms with Crippen molar-refractivity contribution >= 4 is 34.1 Å². The highest BCUT2D eigenvalue weighted by molar-refractivity contribution is 7.13. The highest BCUT2D eigenvalue weighted by Gasteiger charge is 2.51.